The van der Waals surface area contributed by atoms with Gasteiger partial charge in [0.2, 0.25) is 5.91 Å². The van der Waals surface area contributed by atoms with Gasteiger partial charge in [-0.3, -0.25) is 4.79 Å². The van der Waals surface area contributed by atoms with Crippen LogP contribution in [0, 0.1) is 0 Å². The van der Waals surface area contributed by atoms with E-state index in [1.165, 1.54) is 19.1 Å². The first-order valence-corrected chi connectivity index (χ1v) is 8.93. The number of aliphatic hydroxyl groups excluding tert-OH is 1. The molecule has 0 saturated heterocycles. The number of hydrogen-bond donors (Lipinski definition) is 2. The molecule has 2 atom stereocenters. The quantitative estimate of drug-likeness (QED) is 0.256. The second kappa shape index (κ2) is 11.8. The molecule has 0 rings (SSSR count). The normalized spacial score (nSPS) is 15.1. The maximum Gasteiger partial charge on any atom is 0.389 e. The summed E-state index contributed by atoms with van der Waals surface area (Å²) in [5.41, 5.74) is -0.742. The third-order valence-corrected chi connectivity index (χ3v) is 3.27. The Morgan fingerprint density at radius 3 is 2.26 bits per heavy atom. The van der Waals surface area contributed by atoms with Gasteiger partial charge in [-0.15, -0.1) is 0 Å². The van der Waals surface area contributed by atoms with Gasteiger partial charge in [0.1, 0.15) is 5.60 Å². The Balaban J connectivity index is 4.24. The number of allylic oxidation sites excluding steroid dienone is 3. The SMILES string of the molecule is C[C@@H](O)[C@H](NC(=O)/C=C/C=C/CCCCCC(F)(F)F)C(=O)OC(C)(C)C. The fourth-order valence-corrected chi connectivity index (χ4v) is 2.03. The third-order valence-electron chi connectivity index (χ3n) is 3.27. The van der Waals surface area contributed by atoms with Crippen molar-refractivity contribution in [2.24, 2.45) is 0 Å². The van der Waals surface area contributed by atoms with Crippen LogP contribution in [-0.4, -0.2) is 40.9 Å². The molecule has 0 saturated carbocycles. The molecule has 0 spiro atoms. The summed E-state index contributed by atoms with van der Waals surface area (Å²) < 4.78 is 41.1. The number of ether oxygens (including phenoxy) is 1. The first-order valence-electron chi connectivity index (χ1n) is 8.93. The Morgan fingerprint density at radius 2 is 1.74 bits per heavy atom. The Kier molecular flexibility index (Phi) is 11.0. The van der Waals surface area contributed by atoms with Gasteiger partial charge in [-0.1, -0.05) is 24.6 Å². The van der Waals surface area contributed by atoms with Gasteiger partial charge in [0.25, 0.3) is 0 Å². The molecule has 0 radical (unpaired) electrons. The van der Waals surface area contributed by atoms with Crippen molar-refractivity contribution >= 4 is 11.9 Å². The van der Waals surface area contributed by atoms with Gasteiger partial charge in [-0.25, -0.2) is 4.79 Å². The molecule has 27 heavy (non-hydrogen) atoms. The van der Waals surface area contributed by atoms with Crippen LogP contribution in [-0.2, 0) is 14.3 Å². The highest BCUT2D eigenvalue weighted by Gasteiger charge is 2.29. The molecule has 0 bridgehead atoms. The Labute approximate surface area is 158 Å². The van der Waals surface area contributed by atoms with Gasteiger partial charge in [0, 0.05) is 12.5 Å². The fourth-order valence-electron chi connectivity index (χ4n) is 2.03. The number of aliphatic hydroxyl groups is 1. The minimum atomic E-state index is -4.10. The molecule has 0 aromatic rings. The summed E-state index contributed by atoms with van der Waals surface area (Å²) in [5.74, 6) is -1.30. The van der Waals surface area contributed by atoms with Crippen LogP contribution in [0.4, 0.5) is 13.2 Å². The molecule has 0 aliphatic rings. The van der Waals surface area contributed by atoms with Crippen LogP contribution in [0.1, 0.15) is 59.8 Å². The van der Waals surface area contributed by atoms with Crippen molar-refractivity contribution in [3.63, 3.8) is 0 Å². The zero-order valence-electron chi connectivity index (χ0n) is 16.3. The number of amides is 1. The Bertz CT molecular complexity index is 520. The van der Waals surface area contributed by atoms with E-state index in [0.717, 1.165) is 0 Å². The summed E-state index contributed by atoms with van der Waals surface area (Å²) in [6, 6.07) is -1.18. The molecule has 0 fully saturated rings. The summed E-state index contributed by atoms with van der Waals surface area (Å²) in [6.07, 6.45) is 1.86. The molecule has 2 N–H and O–H groups in total. The molecule has 0 aromatic carbocycles. The van der Waals surface area contributed by atoms with Crippen LogP contribution >= 0.6 is 0 Å². The molecule has 0 heterocycles. The topological polar surface area (TPSA) is 75.6 Å². The van der Waals surface area contributed by atoms with Crippen LogP contribution in [0.2, 0.25) is 0 Å². The lowest BCUT2D eigenvalue weighted by molar-refractivity contribution is -0.161. The van der Waals surface area contributed by atoms with Gasteiger partial charge in [0.15, 0.2) is 6.04 Å². The minimum Gasteiger partial charge on any atom is -0.458 e. The highest BCUT2D eigenvalue weighted by molar-refractivity contribution is 5.92. The molecule has 0 aliphatic heterocycles. The van der Waals surface area contributed by atoms with E-state index in [1.54, 1.807) is 32.9 Å². The third kappa shape index (κ3) is 15.0. The average Bonchev–Trinajstić information content (AvgIpc) is 2.47. The monoisotopic (exact) mass is 393 g/mol. The van der Waals surface area contributed by atoms with Gasteiger partial charge < -0.3 is 15.2 Å². The first kappa shape index (κ1) is 25.2. The van der Waals surface area contributed by atoms with Crippen molar-refractivity contribution in [3.05, 3.63) is 24.3 Å². The largest absolute Gasteiger partial charge is 0.458 e. The van der Waals surface area contributed by atoms with E-state index in [4.69, 9.17) is 4.74 Å². The number of rotatable bonds is 10. The summed E-state index contributed by atoms with van der Waals surface area (Å²) in [6.45, 7) is 6.41. The first-order chi connectivity index (χ1) is 12.3. The molecular formula is C19H30F3NO4. The zero-order chi connectivity index (χ0) is 21.1. The van der Waals surface area contributed by atoms with Crippen LogP contribution < -0.4 is 5.32 Å². The Hall–Kier alpha value is -1.83. The average molecular weight is 393 g/mol. The number of hydrogen-bond acceptors (Lipinski definition) is 4. The minimum absolute atomic E-state index is 0.112. The zero-order valence-corrected chi connectivity index (χ0v) is 16.3. The van der Waals surface area contributed by atoms with Crippen molar-refractivity contribution in [2.75, 3.05) is 0 Å². The molecule has 5 nitrogen and oxygen atoms in total. The van der Waals surface area contributed by atoms with E-state index in [9.17, 15) is 27.9 Å². The number of carbonyl (C=O) groups excluding carboxylic acids is 2. The van der Waals surface area contributed by atoms with Crippen LogP contribution in [0.25, 0.3) is 0 Å². The number of halogens is 3. The summed E-state index contributed by atoms with van der Waals surface area (Å²) in [4.78, 5) is 23.8. The lowest BCUT2D eigenvalue weighted by Gasteiger charge is -2.25. The van der Waals surface area contributed by atoms with E-state index >= 15 is 0 Å². The Morgan fingerprint density at radius 1 is 1.11 bits per heavy atom. The lowest BCUT2D eigenvalue weighted by atomic mass is 10.1. The predicted octanol–water partition coefficient (Wildman–Crippen LogP) is 3.82. The van der Waals surface area contributed by atoms with E-state index in [0.29, 0.717) is 19.3 Å². The van der Waals surface area contributed by atoms with Gasteiger partial charge in [-0.05, 0) is 47.0 Å². The molecule has 0 aromatic heterocycles. The highest BCUT2D eigenvalue weighted by atomic mass is 19.4. The molecule has 8 heteroatoms. The van der Waals surface area contributed by atoms with Crippen LogP contribution in [0.5, 0.6) is 0 Å². The fraction of sp³-hybridized carbons (Fsp3) is 0.684. The van der Waals surface area contributed by atoms with E-state index in [1.807, 2.05) is 0 Å². The van der Waals surface area contributed by atoms with E-state index in [-0.39, 0.29) is 6.42 Å². The van der Waals surface area contributed by atoms with E-state index < -0.39 is 42.2 Å². The van der Waals surface area contributed by atoms with Gasteiger partial charge in [0.05, 0.1) is 6.10 Å². The van der Waals surface area contributed by atoms with Crippen LogP contribution in [0.3, 0.4) is 0 Å². The molecular weight excluding hydrogens is 363 g/mol. The van der Waals surface area contributed by atoms with E-state index in [2.05, 4.69) is 5.32 Å². The molecule has 0 unspecified atom stereocenters. The number of alkyl halides is 3. The predicted molar refractivity (Wildman–Crippen MR) is 96.9 cm³/mol. The van der Waals surface area contributed by atoms with Crippen molar-refractivity contribution in [1.29, 1.82) is 0 Å². The van der Waals surface area contributed by atoms with Crippen molar-refractivity contribution in [2.45, 2.75) is 83.7 Å². The number of esters is 1. The number of unbranched alkanes of at least 4 members (excludes halogenated alkanes) is 3. The summed E-state index contributed by atoms with van der Waals surface area (Å²) >= 11 is 0. The maximum absolute atomic E-state index is 12.0. The number of nitrogens with one attached hydrogen (secondary N) is 1. The second-order valence-electron chi connectivity index (χ2n) is 7.26. The standard InChI is InChI=1S/C19H30F3NO4/c1-14(24)16(17(26)27-18(2,3)4)23-15(25)12-10-8-6-5-7-9-11-13-19(20,21)22/h6,8,10,12,14,16,24H,5,7,9,11,13H2,1-4H3,(H,23,25)/b8-6+,12-10+/t14-,16+/m1/s1. The summed E-state index contributed by atoms with van der Waals surface area (Å²) in [5, 5.41) is 12.0. The molecule has 156 valence electrons. The highest BCUT2D eigenvalue weighted by Crippen LogP contribution is 2.22. The van der Waals surface area contributed by atoms with Crippen molar-refractivity contribution < 1.29 is 32.6 Å². The van der Waals surface area contributed by atoms with Gasteiger partial charge in [-0.2, -0.15) is 13.2 Å². The number of carbonyl (C=O) groups is 2. The summed E-state index contributed by atoms with van der Waals surface area (Å²) in [7, 11) is 0. The van der Waals surface area contributed by atoms with Crippen molar-refractivity contribution in [3.8, 4) is 0 Å². The van der Waals surface area contributed by atoms with Crippen LogP contribution in [0.15, 0.2) is 24.3 Å². The molecule has 0 aliphatic carbocycles. The lowest BCUT2D eigenvalue weighted by Crippen LogP contribution is -2.49. The molecule has 1 amide bonds. The van der Waals surface area contributed by atoms with Crippen molar-refractivity contribution in [1.82, 2.24) is 5.32 Å². The van der Waals surface area contributed by atoms with Gasteiger partial charge >= 0.3 is 12.1 Å². The maximum atomic E-state index is 12.0. The second-order valence-corrected chi connectivity index (χ2v) is 7.26. The smallest absolute Gasteiger partial charge is 0.389 e.